The first kappa shape index (κ1) is 15.8. The van der Waals surface area contributed by atoms with Crippen LogP contribution in [0.4, 0.5) is 5.69 Å². The Morgan fingerprint density at radius 1 is 1.38 bits per heavy atom. The van der Waals surface area contributed by atoms with Gasteiger partial charge in [0.05, 0.1) is 6.10 Å². The molecule has 0 heterocycles. The summed E-state index contributed by atoms with van der Waals surface area (Å²) in [5, 5.41) is 3.12. The number of hydrogen-bond acceptors (Lipinski definition) is 3. The van der Waals surface area contributed by atoms with Crippen LogP contribution < -0.4 is 11.1 Å². The standard InChI is InChI=1S/C17H26N2O2/c1-6-21-15-9-14(17(15,4)5)19-16(20)12-8-13(18)11(3)7-10(12)2/h7-8,14-15H,6,9,18H2,1-5H3,(H,19,20). The van der Waals surface area contributed by atoms with Crippen LogP contribution in [0.5, 0.6) is 0 Å². The number of carbonyl (C=O) groups excluding carboxylic acids is 1. The van der Waals surface area contributed by atoms with Gasteiger partial charge in [0.15, 0.2) is 0 Å². The minimum absolute atomic E-state index is 0.0319. The third-order valence-electron chi connectivity index (χ3n) is 4.71. The number of amides is 1. The zero-order chi connectivity index (χ0) is 15.8. The van der Waals surface area contributed by atoms with Crippen LogP contribution in [0.3, 0.4) is 0 Å². The van der Waals surface area contributed by atoms with Gasteiger partial charge in [0.1, 0.15) is 0 Å². The van der Waals surface area contributed by atoms with E-state index in [1.54, 1.807) is 6.07 Å². The maximum absolute atomic E-state index is 12.5. The summed E-state index contributed by atoms with van der Waals surface area (Å²) in [5.41, 5.74) is 9.17. The second-order valence-corrected chi connectivity index (χ2v) is 6.55. The first-order valence-electron chi connectivity index (χ1n) is 7.56. The monoisotopic (exact) mass is 290 g/mol. The van der Waals surface area contributed by atoms with Crippen LogP contribution in [-0.4, -0.2) is 24.7 Å². The molecule has 4 heteroatoms. The predicted octanol–water partition coefficient (Wildman–Crippen LogP) is 2.82. The van der Waals surface area contributed by atoms with Crippen molar-refractivity contribution in [2.45, 2.75) is 53.2 Å². The van der Waals surface area contributed by atoms with Gasteiger partial charge in [0.2, 0.25) is 0 Å². The molecule has 1 aliphatic rings. The van der Waals surface area contributed by atoms with Gasteiger partial charge < -0.3 is 15.8 Å². The van der Waals surface area contributed by atoms with Crippen molar-refractivity contribution >= 4 is 11.6 Å². The number of benzene rings is 1. The Kier molecular flexibility index (Phi) is 4.28. The topological polar surface area (TPSA) is 64.3 Å². The molecule has 0 radical (unpaired) electrons. The van der Waals surface area contributed by atoms with E-state index in [4.69, 9.17) is 10.5 Å². The molecule has 4 nitrogen and oxygen atoms in total. The largest absolute Gasteiger partial charge is 0.398 e. The minimum Gasteiger partial charge on any atom is -0.398 e. The second kappa shape index (κ2) is 5.68. The summed E-state index contributed by atoms with van der Waals surface area (Å²) in [6.45, 7) is 10.9. The van der Waals surface area contributed by atoms with Gasteiger partial charge in [-0.05, 0) is 44.4 Å². The number of ether oxygens (including phenoxy) is 1. The van der Waals surface area contributed by atoms with Crippen molar-refractivity contribution in [1.29, 1.82) is 0 Å². The van der Waals surface area contributed by atoms with E-state index in [1.165, 1.54) is 0 Å². The molecule has 0 saturated heterocycles. The molecule has 21 heavy (non-hydrogen) atoms. The van der Waals surface area contributed by atoms with Gasteiger partial charge in [0, 0.05) is 29.3 Å². The van der Waals surface area contributed by atoms with E-state index in [0.29, 0.717) is 17.9 Å². The molecule has 1 aliphatic carbocycles. The van der Waals surface area contributed by atoms with Crippen molar-refractivity contribution in [2.75, 3.05) is 12.3 Å². The number of rotatable bonds is 4. The Morgan fingerprint density at radius 2 is 2.05 bits per heavy atom. The maximum atomic E-state index is 12.5. The van der Waals surface area contributed by atoms with Crippen LogP contribution in [0.1, 0.15) is 48.7 Å². The lowest BCUT2D eigenvalue weighted by atomic mass is 9.64. The quantitative estimate of drug-likeness (QED) is 0.838. The average molecular weight is 290 g/mol. The van der Waals surface area contributed by atoms with Crippen molar-refractivity contribution in [3.63, 3.8) is 0 Å². The number of nitrogens with two attached hydrogens (primary N) is 1. The number of nitrogens with one attached hydrogen (secondary N) is 1. The van der Waals surface area contributed by atoms with Gasteiger partial charge in [-0.25, -0.2) is 0 Å². The number of nitrogen functional groups attached to an aromatic ring is 1. The molecule has 3 N–H and O–H groups in total. The van der Waals surface area contributed by atoms with Crippen LogP contribution in [0.25, 0.3) is 0 Å². The molecule has 1 saturated carbocycles. The van der Waals surface area contributed by atoms with Gasteiger partial charge in [-0.15, -0.1) is 0 Å². The maximum Gasteiger partial charge on any atom is 0.251 e. The Bertz CT molecular complexity index is 552. The van der Waals surface area contributed by atoms with Crippen LogP contribution in [0.2, 0.25) is 0 Å². The normalized spacial score (nSPS) is 23.5. The van der Waals surface area contributed by atoms with Gasteiger partial charge in [-0.1, -0.05) is 19.9 Å². The zero-order valence-electron chi connectivity index (χ0n) is 13.6. The minimum atomic E-state index is -0.0489. The highest BCUT2D eigenvalue weighted by Crippen LogP contribution is 2.42. The summed E-state index contributed by atoms with van der Waals surface area (Å²) in [6.07, 6.45) is 1.09. The van der Waals surface area contributed by atoms with E-state index in [1.807, 2.05) is 26.8 Å². The van der Waals surface area contributed by atoms with E-state index in [9.17, 15) is 4.79 Å². The second-order valence-electron chi connectivity index (χ2n) is 6.55. The van der Waals surface area contributed by atoms with Gasteiger partial charge in [-0.2, -0.15) is 0 Å². The number of carbonyl (C=O) groups is 1. The molecule has 1 fully saturated rings. The van der Waals surface area contributed by atoms with E-state index in [2.05, 4.69) is 19.2 Å². The highest BCUT2D eigenvalue weighted by Gasteiger charge is 2.49. The zero-order valence-corrected chi connectivity index (χ0v) is 13.6. The number of hydrogen-bond donors (Lipinski definition) is 2. The predicted molar refractivity (Wildman–Crippen MR) is 85.4 cm³/mol. The van der Waals surface area contributed by atoms with Crippen molar-refractivity contribution in [1.82, 2.24) is 5.32 Å². The van der Waals surface area contributed by atoms with E-state index < -0.39 is 0 Å². The molecule has 2 rings (SSSR count). The molecular weight excluding hydrogens is 264 g/mol. The van der Waals surface area contributed by atoms with Crippen LogP contribution in [0.15, 0.2) is 12.1 Å². The summed E-state index contributed by atoms with van der Waals surface area (Å²) in [7, 11) is 0. The number of aryl methyl sites for hydroxylation is 2. The molecule has 1 aromatic carbocycles. The summed E-state index contributed by atoms with van der Waals surface area (Å²) >= 11 is 0. The van der Waals surface area contributed by atoms with E-state index >= 15 is 0 Å². The Morgan fingerprint density at radius 3 is 2.62 bits per heavy atom. The number of anilines is 1. The Labute approximate surface area is 127 Å². The SMILES string of the molecule is CCOC1CC(NC(=O)c2cc(N)c(C)cc2C)C1(C)C. The third kappa shape index (κ3) is 2.91. The van der Waals surface area contributed by atoms with Crippen LogP contribution >= 0.6 is 0 Å². The fraction of sp³-hybridized carbons (Fsp3) is 0.588. The first-order chi connectivity index (χ1) is 9.77. The van der Waals surface area contributed by atoms with Crippen LogP contribution in [-0.2, 0) is 4.74 Å². The molecule has 0 bridgehead atoms. The molecule has 2 atom stereocenters. The lowest BCUT2D eigenvalue weighted by Gasteiger charge is -2.51. The molecule has 116 valence electrons. The summed E-state index contributed by atoms with van der Waals surface area (Å²) in [5.74, 6) is -0.0489. The van der Waals surface area contributed by atoms with Crippen LogP contribution in [0, 0.1) is 19.3 Å². The summed E-state index contributed by atoms with van der Waals surface area (Å²) in [6, 6.07) is 3.87. The fourth-order valence-electron chi connectivity index (χ4n) is 2.96. The van der Waals surface area contributed by atoms with Crippen molar-refractivity contribution in [3.8, 4) is 0 Å². The highest BCUT2D eigenvalue weighted by molar-refractivity contribution is 5.97. The molecule has 0 aromatic heterocycles. The smallest absolute Gasteiger partial charge is 0.251 e. The fourth-order valence-corrected chi connectivity index (χ4v) is 2.96. The van der Waals surface area contributed by atoms with Gasteiger partial charge >= 0.3 is 0 Å². The summed E-state index contributed by atoms with van der Waals surface area (Å²) < 4.78 is 5.70. The van der Waals surface area contributed by atoms with Crippen molar-refractivity contribution in [2.24, 2.45) is 5.41 Å². The molecule has 1 amide bonds. The third-order valence-corrected chi connectivity index (χ3v) is 4.71. The van der Waals surface area contributed by atoms with E-state index in [-0.39, 0.29) is 23.5 Å². The highest BCUT2D eigenvalue weighted by atomic mass is 16.5. The molecule has 2 unspecified atom stereocenters. The van der Waals surface area contributed by atoms with Crippen molar-refractivity contribution in [3.05, 3.63) is 28.8 Å². The molecular formula is C17H26N2O2. The molecule has 0 spiro atoms. The lowest BCUT2D eigenvalue weighted by Crippen LogP contribution is -2.62. The van der Waals surface area contributed by atoms with Crippen molar-refractivity contribution < 1.29 is 9.53 Å². The van der Waals surface area contributed by atoms with Gasteiger partial charge in [-0.3, -0.25) is 4.79 Å². The Hall–Kier alpha value is -1.55. The Balaban J connectivity index is 2.08. The lowest BCUT2D eigenvalue weighted by molar-refractivity contribution is -0.111. The average Bonchev–Trinajstić information content (AvgIpc) is 2.41. The van der Waals surface area contributed by atoms with E-state index in [0.717, 1.165) is 17.5 Å². The first-order valence-corrected chi connectivity index (χ1v) is 7.56. The molecule has 0 aliphatic heterocycles. The summed E-state index contributed by atoms with van der Waals surface area (Å²) in [4.78, 5) is 12.5. The molecule has 1 aromatic rings. The van der Waals surface area contributed by atoms with Gasteiger partial charge in [0.25, 0.3) is 5.91 Å².